The smallest absolute Gasteiger partial charge is 0.407 e. The summed E-state index contributed by atoms with van der Waals surface area (Å²) in [6.07, 6.45) is -2.25. The molecule has 0 unspecified atom stereocenters. The predicted molar refractivity (Wildman–Crippen MR) is 148 cm³/mol. The van der Waals surface area contributed by atoms with Crippen molar-refractivity contribution >= 4 is 53.9 Å². The maximum atomic E-state index is 13.0. The summed E-state index contributed by atoms with van der Waals surface area (Å²) in [5.74, 6) is -5.28. The molecule has 16 nitrogen and oxygen atoms in total. The van der Waals surface area contributed by atoms with Crippen molar-refractivity contribution in [1.82, 2.24) is 20.8 Å². The number of ether oxygens (including phenoxy) is 1. The van der Waals surface area contributed by atoms with Crippen molar-refractivity contribution in [3.05, 3.63) is 35.9 Å². The summed E-state index contributed by atoms with van der Waals surface area (Å²) < 4.78 is 5.11. The van der Waals surface area contributed by atoms with Gasteiger partial charge >= 0.3 is 18.0 Å². The largest absolute Gasteiger partial charge is 0.445 e. The third kappa shape index (κ3) is 10.8. The number of aldehydes is 1. The minimum atomic E-state index is -1.39. The maximum absolute atomic E-state index is 13.0. The van der Waals surface area contributed by atoms with Gasteiger partial charge in [-0.1, -0.05) is 30.3 Å². The summed E-state index contributed by atoms with van der Waals surface area (Å²) in [5, 5.41) is 5.92. The first-order valence-electron chi connectivity index (χ1n) is 14.3. The van der Waals surface area contributed by atoms with Crippen molar-refractivity contribution < 1.29 is 57.6 Å². The minimum absolute atomic E-state index is 0.0170. The van der Waals surface area contributed by atoms with Crippen LogP contribution in [0.4, 0.5) is 4.79 Å². The lowest BCUT2D eigenvalue weighted by Crippen LogP contribution is -2.50. The van der Waals surface area contributed by atoms with Crippen LogP contribution in [0.25, 0.3) is 0 Å². The van der Waals surface area contributed by atoms with Crippen molar-refractivity contribution in [1.29, 1.82) is 0 Å². The average molecular weight is 631 g/mol. The van der Waals surface area contributed by atoms with Gasteiger partial charge in [-0.3, -0.25) is 24.0 Å². The van der Waals surface area contributed by atoms with Crippen LogP contribution in [-0.2, 0) is 59.4 Å². The van der Waals surface area contributed by atoms with Gasteiger partial charge in [0.15, 0.2) is 0 Å². The topological polar surface area (TPSA) is 212 Å². The molecule has 0 aromatic heterocycles. The molecule has 0 radical (unpaired) electrons. The highest BCUT2D eigenvalue weighted by molar-refractivity contribution is 6.02. The van der Waals surface area contributed by atoms with E-state index in [1.807, 2.05) is 6.07 Å². The van der Waals surface area contributed by atoms with Crippen LogP contribution in [0.2, 0.25) is 0 Å². The lowest BCUT2D eigenvalue weighted by atomic mass is 9.83. The van der Waals surface area contributed by atoms with Crippen LogP contribution in [0.5, 0.6) is 0 Å². The molecule has 0 saturated carbocycles. The van der Waals surface area contributed by atoms with E-state index >= 15 is 0 Å². The Labute approximate surface area is 257 Å². The number of benzene rings is 1. The van der Waals surface area contributed by atoms with Crippen LogP contribution >= 0.6 is 0 Å². The monoisotopic (exact) mass is 630 g/mol. The third-order valence-corrected chi connectivity index (χ3v) is 6.99. The van der Waals surface area contributed by atoms with Crippen molar-refractivity contribution in [2.75, 3.05) is 6.54 Å². The Hall–Kier alpha value is -5.15. The molecule has 2 saturated heterocycles. The van der Waals surface area contributed by atoms with Gasteiger partial charge in [-0.05, 0) is 24.8 Å². The summed E-state index contributed by atoms with van der Waals surface area (Å²) in [7, 11) is 0. The fraction of sp³-hybridized carbons (Fsp3) is 0.483. The Morgan fingerprint density at radius 2 is 1.27 bits per heavy atom. The van der Waals surface area contributed by atoms with E-state index in [2.05, 4.69) is 10.6 Å². The highest BCUT2D eigenvalue weighted by atomic mass is 16.7. The molecule has 1 aromatic rings. The fourth-order valence-electron chi connectivity index (χ4n) is 4.60. The van der Waals surface area contributed by atoms with E-state index in [4.69, 9.17) is 14.4 Å². The average Bonchev–Trinajstić information content (AvgIpc) is 3.51. The van der Waals surface area contributed by atoms with Gasteiger partial charge < -0.3 is 29.8 Å². The van der Waals surface area contributed by atoms with Crippen LogP contribution in [0, 0.1) is 0 Å². The van der Waals surface area contributed by atoms with E-state index in [-0.39, 0.29) is 70.9 Å². The quantitative estimate of drug-likeness (QED) is 0.182. The number of carbonyl (C=O) groups excluding carboxylic acids is 9. The second kappa shape index (κ2) is 16.6. The molecule has 16 heteroatoms. The van der Waals surface area contributed by atoms with Gasteiger partial charge in [-0.25, -0.2) is 14.4 Å². The zero-order valence-corrected chi connectivity index (χ0v) is 24.4. The zero-order chi connectivity index (χ0) is 32.8. The molecular weight excluding hydrogens is 596 g/mol. The van der Waals surface area contributed by atoms with E-state index < -0.39 is 65.9 Å². The number of nitrogens with zero attached hydrogens (tertiary/aromatic N) is 2. The molecule has 2 aliphatic rings. The Bertz CT molecular complexity index is 1230. The van der Waals surface area contributed by atoms with E-state index in [0.29, 0.717) is 16.4 Å². The van der Waals surface area contributed by atoms with Gasteiger partial charge in [0, 0.05) is 50.6 Å². The molecule has 0 bridgehead atoms. The highest BCUT2D eigenvalue weighted by Gasteiger charge is 2.37. The van der Waals surface area contributed by atoms with Crippen LogP contribution in [0.1, 0.15) is 76.2 Å². The van der Waals surface area contributed by atoms with Gasteiger partial charge in [0.25, 0.3) is 23.6 Å². The number of hydrogen-bond donors (Lipinski definition) is 2. The Morgan fingerprint density at radius 1 is 0.756 bits per heavy atom. The van der Waals surface area contributed by atoms with Gasteiger partial charge in [-0.2, -0.15) is 0 Å². The molecule has 2 fully saturated rings. The number of rotatable bonds is 17. The number of nitrogens with one attached hydrogen (secondary N) is 2. The van der Waals surface area contributed by atoms with E-state index in [1.165, 1.54) is 0 Å². The van der Waals surface area contributed by atoms with E-state index in [1.54, 1.807) is 24.3 Å². The lowest BCUT2D eigenvalue weighted by molar-refractivity contribution is -0.198. The van der Waals surface area contributed by atoms with Gasteiger partial charge in [-0.15, -0.1) is 10.1 Å². The predicted octanol–water partition coefficient (Wildman–Crippen LogP) is 0.912. The molecule has 242 valence electrons. The number of alkyl carbamates (subject to hydrolysis) is 1. The first-order chi connectivity index (χ1) is 21.5. The van der Waals surface area contributed by atoms with Gasteiger partial charge in [0.1, 0.15) is 12.9 Å². The molecule has 3 rings (SSSR count). The number of imide groups is 2. The second-order valence-electron chi connectivity index (χ2n) is 10.4. The molecule has 6 amide bonds. The standard InChI is InChI=1S/C29H34N4O12/c34-18-4-14-29(15-11-26(40)44-32-22(36)7-8-23(32)37,16-12-27(41)45-33-24(38)9-10-25(33)39)31-21(35)13-17-30-28(42)43-19-20-5-2-1-3-6-20/h1-3,5-6,18H,4,7-17,19H2,(H,30,42)(H,31,35). The maximum Gasteiger partial charge on any atom is 0.407 e. The van der Waals surface area contributed by atoms with Crippen LogP contribution < -0.4 is 10.6 Å². The normalized spacial score (nSPS) is 14.8. The fourth-order valence-corrected chi connectivity index (χ4v) is 4.60. The van der Waals surface area contributed by atoms with E-state index in [0.717, 1.165) is 5.56 Å². The molecule has 0 aliphatic carbocycles. The highest BCUT2D eigenvalue weighted by Crippen LogP contribution is 2.27. The van der Waals surface area contributed by atoms with E-state index in [9.17, 15) is 43.2 Å². The Morgan fingerprint density at radius 3 is 1.76 bits per heavy atom. The molecule has 2 aliphatic heterocycles. The molecule has 2 heterocycles. The Balaban J connectivity index is 1.63. The second-order valence-corrected chi connectivity index (χ2v) is 10.4. The van der Waals surface area contributed by atoms with Crippen LogP contribution in [0.3, 0.4) is 0 Å². The summed E-state index contributed by atoms with van der Waals surface area (Å²) >= 11 is 0. The van der Waals surface area contributed by atoms with Gasteiger partial charge in [0.05, 0.1) is 12.8 Å². The van der Waals surface area contributed by atoms with Gasteiger partial charge in [0.2, 0.25) is 5.91 Å². The van der Waals surface area contributed by atoms with Crippen molar-refractivity contribution in [2.45, 2.75) is 82.8 Å². The van der Waals surface area contributed by atoms with Crippen molar-refractivity contribution in [3.63, 3.8) is 0 Å². The lowest BCUT2D eigenvalue weighted by Gasteiger charge is -2.34. The number of hydrogen-bond acceptors (Lipinski definition) is 12. The molecular formula is C29H34N4O12. The molecule has 45 heavy (non-hydrogen) atoms. The molecule has 0 spiro atoms. The minimum Gasteiger partial charge on any atom is -0.445 e. The Kier molecular flexibility index (Phi) is 12.7. The van der Waals surface area contributed by atoms with Crippen molar-refractivity contribution in [3.8, 4) is 0 Å². The summed E-state index contributed by atoms with van der Waals surface area (Å²) in [6.45, 7) is -0.116. The summed E-state index contributed by atoms with van der Waals surface area (Å²) in [5.41, 5.74) is -0.624. The molecule has 2 N–H and O–H groups in total. The number of carbonyl (C=O) groups is 9. The summed E-state index contributed by atoms with van der Waals surface area (Å²) in [4.78, 5) is 119. The van der Waals surface area contributed by atoms with Crippen LogP contribution in [-0.4, -0.2) is 76.1 Å². The summed E-state index contributed by atoms with van der Waals surface area (Å²) in [6, 6.07) is 8.93. The number of hydroxylamine groups is 4. The SMILES string of the molecule is O=CCCC(CCC(=O)ON1C(=O)CCC1=O)(CCC(=O)ON1C(=O)CCC1=O)NC(=O)CCNC(=O)OCc1ccccc1. The molecule has 0 atom stereocenters. The third-order valence-electron chi connectivity index (χ3n) is 6.99. The first-order valence-corrected chi connectivity index (χ1v) is 14.3. The number of amides is 6. The zero-order valence-electron chi connectivity index (χ0n) is 24.4. The molecule has 1 aromatic carbocycles. The van der Waals surface area contributed by atoms with Crippen LogP contribution in [0.15, 0.2) is 30.3 Å². The van der Waals surface area contributed by atoms with Crippen molar-refractivity contribution in [2.24, 2.45) is 0 Å². The first kappa shape index (κ1) is 34.3.